The molecule has 1 saturated heterocycles. The van der Waals surface area contributed by atoms with E-state index in [0.717, 1.165) is 35.8 Å². The van der Waals surface area contributed by atoms with Crippen LogP contribution in [0.4, 0.5) is 5.69 Å². The third-order valence-electron chi connectivity index (χ3n) is 4.09. The summed E-state index contributed by atoms with van der Waals surface area (Å²) in [6.45, 7) is 7.17. The largest absolute Gasteiger partial charge is 0.370 e. The van der Waals surface area contributed by atoms with Gasteiger partial charge in [0.15, 0.2) is 0 Å². The average molecular weight is 243 g/mol. The van der Waals surface area contributed by atoms with Gasteiger partial charge in [-0.15, -0.1) is 0 Å². The Morgan fingerprint density at radius 1 is 1.39 bits per heavy atom. The smallest absolute Gasteiger partial charge is 0.101 e. The predicted octanol–water partition coefficient (Wildman–Crippen LogP) is 2.50. The summed E-state index contributed by atoms with van der Waals surface area (Å²) < 4.78 is 0. The molecule has 0 amide bonds. The minimum atomic E-state index is 0.488. The number of benzene rings is 1. The molecule has 3 nitrogen and oxygen atoms in total. The Hall–Kier alpha value is -1.53. The number of nitrogens with zero attached hydrogens (tertiary/aromatic N) is 2. The van der Waals surface area contributed by atoms with E-state index in [2.05, 4.69) is 24.8 Å². The fraction of sp³-hybridized carbons (Fsp3) is 0.533. The Bertz CT molecular complexity index is 461. The van der Waals surface area contributed by atoms with Crippen molar-refractivity contribution in [2.24, 2.45) is 17.6 Å². The number of nitriles is 1. The fourth-order valence-electron chi connectivity index (χ4n) is 2.56. The third kappa shape index (κ3) is 2.49. The topological polar surface area (TPSA) is 53.0 Å². The quantitative estimate of drug-likeness (QED) is 0.868. The Balaban J connectivity index is 2.26. The minimum Gasteiger partial charge on any atom is -0.370 e. The van der Waals surface area contributed by atoms with Crippen LogP contribution in [0.3, 0.4) is 0 Å². The SMILES string of the molecule is CC1CCN(c2ccc(CN)cc2C#N)CC1C. The summed E-state index contributed by atoms with van der Waals surface area (Å²) in [7, 11) is 0. The van der Waals surface area contributed by atoms with E-state index >= 15 is 0 Å². The van der Waals surface area contributed by atoms with E-state index in [-0.39, 0.29) is 0 Å². The Labute approximate surface area is 109 Å². The molecule has 18 heavy (non-hydrogen) atoms. The van der Waals surface area contributed by atoms with Crippen LogP contribution in [-0.2, 0) is 6.54 Å². The highest BCUT2D eigenvalue weighted by Gasteiger charge is 2.24. The molecule has 2 atom stereocenters. The van der Waals surface area contributed by atoms with Crippen LogP contribution in [0, 0.1) is 23.2 Å². The molecule has 1 aromatic rings. The maximum Gasteiger partial charge on any atom is 0.101 e. The Kier molecular flexibility index (Phi) is 3.88. The number of hydrogen-bond donors (Lipinski definition) is 1. The summed E-state index contributed by atoms with van der Waals surface area (Å²) in [6.07, 6.45) is 1.20. The van der Waals surface area contributed by atoms with Gasteiger partial charge in [-0.25, -0.2) is 0 Å². The highest BCUT2D eigenvalue weighted by molar-refractivity contribution is 5.60. The van der Waals surface area contributed by atoms with Crippen molar-refractivity contribution in [3.63, 3.8) is 0 Å². The first-order valence-corrected chi connectivity index (χ1v) is 6.63. The first kappa shape index (κ1) is 12.9. The van der Waals surface area contributed by atoms with Crippen LogP contribution in [0.2, 0.25) is 0 Å². The van der Waals surface area contributed by atoms with Crippen molar-refractivity contribution in [3.8, 4) is 6.07 Å². The van der Waals surface area contributed by atoms with Gasteiger partial charge in [0, 0.05) is 19.6 Å². The van der Waals surface area contributed by atoms with E-state index in [9.17, 15) is 5.26 Å². The zero-order valence-electron chi connectivity index (χ0n) is 11.2. The second-order valence-electron chi connectivity index (χ2n) is 5.36. The summed E-state index contributed by atoms with van der Waals surface area (Å²) in [4.78, 5) is 2.34. The second-order valence-corrected chi connectivity index (χ2v) is 5.36. The summed E-state index contributed by atoms with van der Waals surface area (Å²) >= 11 is 0. The van der Waals surface area contributed by atoms with E-state index in [1.165, 1.54) is 6.42 Å². The molecule has 0 bridgehead atoms. The van der Waals surface area contributed by atoms with Gasteiger partial charge in [-0.05, 0) is 36.0 Å². The molecule has 0 aromatic heterocycles. The standard InChI is InChI=1S/C15H21N3/c1-11-5-6-18(10-12(11)2)15-4-3-13(8-16)7-14(15)9-17/h3-4,7,11-12H,5-6,8,10,16H2,1-2H3. The summed E-state index contributed by atoms with van der Waals surface area (Å²) in [5.74, 6) is 1.45. The first-order valence-electron chi connectivity index (χ1n) is 6.63. The number of hydrogen-bond acceptors (Lipinski definition) is 3. The first-order chi connectivity index (χ1) is 8.65. The predicted molar refractivity (Wildman–Crippen MR) is 74.2 cm³/mol. The lowest BCUT2D eigenvalue weighted by molar-refractivity contribution is 0.324. The molecule has 1 heterocycles. The van der Waals surface area contributed by atoms with Crippen LogP contribution in [-0.4, -0.2) is 13.1 Å². The van der Waals surface area contributed by atoms with Crippen molar-refractivity contribution < 1.29 is 0 Å². The minimum absolute atomic E-state index is 0.488. The van der Waals surface area contributed by atoms with Crippen LogP contribution in [0.15, 0.2) is 18.2 Å². The molecular formula is C15H21N3. The van der Waals surface area contributed by atoms with Gasteiger partial charge in [-0.3, -0.25) is 0 Å². The van der Waals surface area contributed by atoms with Crippen molar-refractivity contribution in [1.82, 2.24) is 0 Å². The van der Waals surface area contributed by atoms with Gasteiger partial charge in [-0.1, -0.05) is 19.9 Å². The molecule has 0 aliphatic carbocycles. The second kappa shape index (κ2) is 5.41. The van der Waals surface area contributed by atoms with Crippen LogP contribution in [0.5, 0.6) is 0 Å². The van der Waals surface area contributed by atoms with Crippen molar-refractivity contribution in [3.05, 3.63) is 29.3 Å². The Morgan fingerprint density at radius 2 is 2.17 bits per heavy atom. The summed E-state index contributed by atoms with van der Waals surface area (Å²) in [5, 5.41) is 9.27. The van der Waals surface area contributed by atoms with Crippen molar-refractivity contribution >= 4 is 5.69 Å². The molecule has 2 N–H and O–H groups in total. The molecule has 96 valence electrons. The van der Waals surface area contributed by atoms with Gasteiger partial charge < -0.3 is 10.6 Å². The molecule has 1 aromatic carbocycles. The van der Waals surface area contributed by atoms with Gasteiger partial charge >= 0.3 is 0 Å². The lowest BCUT2D eigenvalue weighted by Gasteiger charge is -2.37. The van der Waals surface area contributed by atoms with Crippen molar-refractivity contribution in [1.29, 1.82) is 5.26 Å². The van der Waals surface area contributed by atoms with Gasteiger partial charge in [0.25, 0.3) is 0 Å². The molecule has 1 aliphatic rings. The number of rotatable bonds is 2. The lowest BCUT2D eigenvalue weighted by atomic mass is 9.88. The summed E-state index contributed by atoms with van der Waals surface area (Å²) in [5.41, 5.74) is 8.45. The molecule has 2 unspecified atom stereocenters. The molecule has 1 fully saturated rings. The van der Waals surface area contributed by atoms with Crippen LogP contribution >= 0.6 is 0 Å². The zero-order valence-corrected chi connectivity index (χ0v) is 11.2. The van der Waals surface area contributed by atoms with Gasteiger partial charge in [0.1, 0.15) is 6.07 Å². The fourth-order valence-corrected chi connectivity index (χ4v) is 2.56. The molecule has 1 aliphatic heterocycles. The monoisotopic (exact) mass is 243 g/mol. The molecule has 2 rings (SSSR count). The molecule has 0 saturated carbocycles. The number of anilines is 1. The van der Waals surface area contributed by atoms with Crippen LogP contribution in [0.25, 0.3) is 0 Å². The van der Waals surface area contributed by atoms with Crippen molar-refractivity contribution in [2.45, 2.75) is 26.8 Å². The van der Waals surface area contributed by atoms with E-state index < -0.39 is 0 Å². The average Bonchev–Trinajstić information content (AvgIpc) is 2.41. The maximum atomic E-state index is 9.27. The number of nitrogens with two attached hydrogens (primary N) is 1. The molecule has 3 heteroatoms. The Morgan fingerprint density at radius 3 is 2.78 bits per heavy atom. The van der Waals surface area contributed by atoms with Crippen molar-refractivity contribution in [2.75, 3.05) is 18.0 Å². The van der Waals surface area contributed by atoms with Gasteiger partial charge in [0.2, 0.25) is 0 Å². The third-order valence-corrected chi connectivity index (χ3v) is 4.09. The van der Waals surface area contributed by atoms with Gasteiger partial charge in [0.05, 0.1) is 11.3 Å². The van der Waals surface area contributed by atoms with Gasteiger partial charge in [-0.2, -0.15) is 5.26 Å². The molecule has 0 spiro atoms. The molecule has 0 radical (unpaired) electrons. The van der Waals surface area contributed by atoms with E-state index in [1.54, 1.807) is 0 Å². The lowest BCUT2D eigenvalue weighted by Crippen LogP contribution is -2.38. The zero-order chi connectivity index (χ0) is 13.1. The van der Waals surface area contributed by atoms with E-state index in [0.29, 0.717) is 12.5 Å². The maximum absolute atomic E-state index is 9.27. The normalized spacial score (nSPS) is 23.8. The van der Waals surface area contributed by atoms with E-state index in [1.807, 2.05) is 18.2 Å². The van der Waals surface area contributed by atoms with E-state index in [4.69, 9.17) is 5.73 Å². The highest BCUT2D eigenvalue weighted by Crippen LogP contribution is 2.29. The molecular weight excluding hydrogens is 222 g/mol. The van der Waals surface area contributed by atoms with Crippen LogP contribution in [0.1, 0.15) is 31.4 Å². The highest BCUT2D eigenvalue weighted by atomic mass is 15.1. The summed E-state index contributed by atoms with van der Waals surface area (Å²) in [6, 6.07) is 8.28. The van der Waals surface area contributed by atoms with Crippen LogP contribution < -0.4 is 10.6 Å². The number of piperidine rings is 1.